The Hall–Kier alpha value is -2.00. The number of hydrogen-bond acceptors (Lipinski definition) is 6. The van der Waals surface area contributed by atoms with Crippen LogP contribution in [0.3, 0.4) is 0 Å². The third-order valence-corrected chi connectivity index (χ3v) is 6.95. The lowest BCUT2D eigenvalue weighted by Gasteiger charge is -2.17. The van der Waals surface area contributed by atoms with Gasteiger partial charge in [-0.2, -0.15) is 0 Å². The van der Waals surface area contributed by atoms with Gasteiger partial charge in [-0.05, 0) is 37.5 Å². The van der Waals surface area contributed by atoms with Crippen LogP contribution in [-0.4, -0.2) is 36.8 Å². The minimum atomic E-state index is -3.26. The average Bonchev–Trinajstić information content (AvgIpc) is 3.21. The Kier molecular flexibility index (Phi) is 3.76. The molecule has 0 radical (unpaired) electrons. The van der Waals surface area contributed by atoms with Gasteiger partial charge in [-0.1, -0.05) is 17.4 Å². The normalized spacial score (nSPS) is 19.4. The van der Waals surface area contributed by atoms with Gasteiger partial charge < -0.3 is 0 Å². The number of amides is 1. The average molecular weight is 364 g/mol. The molecule has 2 fully saturated rings. The number of hydrogen-bond donors (Lipinski definition) is 1. The minimum absolute atomic E-state index is 0.151. The van der Waals surface area contributed by atoms with Crippen molar-refractivity contribution in [1.82, 2.24) is 10.2 Å². The van der Waals surface area contributed by atoms with E-state index in [1.807, 2.05) is 0 Å². The summed E-state index contributed by atoms with van der Waals surface area (Å²) < 4.78 is 25.4. The zero-order chi connectivity index (χ0) is 16.7. The lowest BCUT2D eigenvalue weighted by Crippen LogP contribution is -2.25. The summed E-state index contributed by atoms with van der Waals surface area (Å²) in [6, 6.07) is 6.65. The van der Waals surface area contributed by atoms with E-state index in [2.05, 4.69) is 15.5 Å². The summed E-state index contributed by atoms with van der Waals surface area (Å²) in [7, 11) is -3.26. The second kappa shape index (κ2) is 5.82. The lowest BCUT2D eigenvalue weighted by atomic mass is 10.2. The van der Waals surface area contributed by atoms with E-state index >= 15 is 0 Å². The van der Waals surface area contributed by atoms with E-state index < -0.39 is 10.0 Å². The van der Waals surface area contributed by atoms with Gasteiger partial charge in [0.2, 0.25) is 15.2 Å². The molecular weight excluding hydrogens is 348 g/mol. The first-order valence-corrected chi connectivity index (χ1v) is 10.2. The maximum absolute atomic E-state index is 12.4. The number of rotatable bonds is 4. The van der Waals surface area contributed by atoms with Gasteiger partial charge in [-0.15, -0.1) is 10.2 Å². The number of carbonyl (C=O) groups excluding carboxylic acids is 1. The summed E-state index contributed by atoms with van der Waals surface area (Å²) in [5.74, 6) is 0.335. The van der Waals surface area contributed by atoms with Crippen molar-refractivity contribution in [3.05, 3.63) is 34.8 Å². The van der Waals surface area contributed by atoms with Crippen molar-refractivity contribution in [3.63, 3.8) is 0 Å². The fraction of sp³-hybridized carbons (Fsp3) is 0.400. The van der Waals surface area contributed by atoms with Gasteiger partial charge in [0, 0.05) is 18.0 Å². The molecule has 1 saturated carbocycles. The molecule has 1 saturated heterocycles. The molecule has 2 aromatic rings. The van der Waals surface area contributed by atoms with Crippen molar-refractivity contribution in [1.29, 1.82) is 0 Å². The van der Waals surface area contributed by atoms with Gasteiger partial charge in [-0.3, -0.25) is 14.4 Å². The molecular formula is C15H16N4O3S2. The maximum Gasteiger partial charge on any atom is 0.257 e. The van der Waals surface area contributed by atoms with E-state index in [-0.39, 0.29) is 11.7 Å². The fourth-order valence-electron chi connectivity index (χ4n) is 2.68. The largest absolute Gasteiger partial charge is 0.296 e. The second-order valence-corrected chi connectivity index (χ2v) is 8.99. The molecule has 2 heterocycles. The molecule has 24 heavy (non-hydrogen) atoms. The molecule has 9 heteroatoms. The first kappa shape index (κ1) is 15.5. The molecule has 1 aromatic heterocycles. The molecule has 1 aliphatic heterocycles. The highest BCUT2D eigenvalue weighted by atomic mass is 32.2. The number of benzene rings is 1. The molecule has 1 amide bonds. The number of carbonyl (C=O) groups is 1. The third kappa shape index (κ3) is 3.01. The first-order valence-electron chi connectivity index (χ1n) is 7.78. The smallest absolute Gasteiger partial charge is 0.257 e. The summed E-state index contributed by atoms with van der Waals surface area (Å²) in [6.07, 6.45) is 2.87. The molecule has 4 rings (SSSR count). The van der Waals surface area contributed by atoms with Crippen LogP contribution in [-0.2, 0) is 10.0 Å². The Balaban J connectivity index is 1.52. The Morgan fingerprint density at radius 2 is 2.12 bits per heavy atom. The van der Waals surface area contributed by atoms with Crippen LogP contribution in [0.25, 0.3) is 0 Å². The van der Waals surface area contributed by atoms with Gasteiger partial charge in [0.05, 0.1) is 11.4 Å². The number of sulfonamides is 1. The van der Waals surface area contributed by atoms with Crippen LogP contribution in [0.5, 0.6) is 0 Å². The van der Waals surface area contributed by atoms with Gasteiger partial charge in [0.25, 0.3) is 5.91 Å². The van der Waals surface area contributed by atoms with Gasteiger partial charge in [-0.25, -0.2) is 8.42 Å². The maximum atomic E-state index is 12.4. The van der Waals surface area contributed by atoms with E-state index in [1.54, 1.807) is 24.3 Å². The monoisotopic (exact) mass is 364 g/mol. The van der Waals surface area contributed by atoms with Crippen LogP contribution in [0.15, 0.2) is 24.3 Å². The molecule has 0 atom stereocenters. The zero-order valence-corrected chi connectivity index (χ0v) is 14.4. The molecule has 0 bridgehead atoms. The van der Waals surface area contributed by atoms with Crippen molar-refractivity contribution >= 4 is 38.1 Å². The minimum Gasteiger partial charge on any atom is -0.296 e. The van der Waals surface area contributed by atoms with E-state index in [0.29, 0.717) is 35.3 Å². The van der Waals surface area contributed by atoms with E-state index in [9.17, 15) is 13.2 Å². The van der Waals surface area contributed by atoms with E-state index in [0.717, 1.165) is 17.8 Å². The van der Waals surface area contributed by atoms with Gasteiger partial charge >= 0.3 is 0 Å². The number of aromatic nitrogens is 2. The van der Waals surface area contributed by atoms with E-state index in [4.69, 9.17) is 0 Å². The highest BCUT2D eigenvalue weighted by Gasteiger charge is 2.29. The second-order valence-electron chi connectivity index (χ2n) is 5.97. The van der Waals surface area contributed by atoms with Crippen molar-refractivity contribution in [2.24, 2.45) is 0 Å². The number of nitrogens with zero attached hydrogens (tertiary/aromatic N) is 3. The van der Waals surface area contributed by atoms with Crippen LogP contribution >= 0.6 is 11.3 Å². The molecule has 2 aliphatic rings. The Morgan fingerprint density at radius 3 is 2.83 bits per heavy atom. The standard InChI is InChI=1S/C15H16N4O3S2/c20-13(16-15-18-17-14(23-15)10-5-6-10)11-3-1-4-12(9-11)19-7-2-8-24(19,21)22/h1,3-4,9-10H,2,5-8H2,(H,16,18,20). The van der Waals surface area contributed by atoms with Crippen LogP contribution in [0, 0.1) is 0 Å². The summed E-state index contributed by atoms with van der Waals surface area (Å²) in [5, 5.41) is 12.3. The molecule has 1 aliphatic carbocycles. The third-order valence-electron chi connectivity index (χ3n) is 4.08. The molecule has 1 N–H and O–H groups in total. The topological polar surface area (TPSA) is 92.3 Å². The van der Waals surface area contributed by atoms with Gasteiger partial charge in [0.1, 0.15) is 5.01 Å². The van der Waals surface area contributed by atoms with Crippen molar-refractivity contribution in [2.45, 2.75) is 25.2 Å². The summed E-state index contributed by atoms with van der Waals surface area (Å²) in [6.45, 7) is 0.453. The summed E-state index contributed by atoms with van der Waals surface area (Å²) >= 11 is 1.40. The SMILES string of the molecule is O=C(Nc1nnc(C2CC2)s1)c1cccc(N2CCCS2(=O)=O)c1. The molecule has 0 spiro atoms. The predicted octanol–water partition coefficient (Wildman–Crippen LogP) is 2.21. The Labute approximate surface area is 143 Å². The quantitative estimate of drug-likeness (QED) is 0.898. The van der Waals surface area contributed by atoms with Crippen LogP contribution in [0.2, 0.25) is 0 Å². The van der Waals surface area contributed by atoms with E-state index in [1.165, 1.54) is 15.6 Å². The van der Waals surface area contributed by atoms with Crippen molar-refractivity contribution in [3.8, 4) is 0 Å². The lowest BCUT2D eigenvalue weighted by molar-refractivity contribution is 0.102. The molecule has 126 valence electrons. The summed E-state index contributed by atoms with van der Waals surface area (Å²) in [5.41, 5.74) is 0.925. The van der Waals surface area contributed by atoms with Crippen molar-refractivity contribution < 1.29 is 13.2 Å². The van der Waals surface area contributed by atoms with Gasteiger partial charge in [0.15, 0.2) is 0 Å². The van der Waals surface area contributed by atoms with Crippen LogP contribution in [0.4, 0.5) is 10.8 Å². The first-order chi connectivity index (χ1) is 11.5. The number of anilines is 2. The highest BCUT2D eigenvalue weighted by molar-refractivity contribution is 7.93. The van der Waals surface area contributed by atoms with Crippen LogP contribution in [0.1, 0.15) is 40.5 Å². The zero-order valence-electron chi connectivity index (χ0n) is 12.8. The Morgan fingerprint density at radius 1 is 1.29 bits per heavy atom. The highest BCUT2D eigenvalue weighted by Crippen LogP contribution is 2.42. The molecule has 1 aromatic carbocycles. The van der Waals surface area contributed by atoms with Crippen LogP contribution < -0.4 is 9.62 Å². The fourth-order valence-corrected chi connectivity index (χ4v) is 5.15. The summed E-state index contributed by atoms with van der Waals surface area (Å²) in [4.78, 5) is 12.4. The molecule has 7 nitrogen and oxygen atoms in total. The van der Waals surface area contributed by atoms with Crippen molar-refractivity contribution in [2.75, 3.05) is 21.9 Å². The predicted molar refractivity (Wildman–Crippen MR) is 92.0 cm³/mol. The Bertz CT molecular complexity index is 890. The number of nitrogens with one attached hydrogen (secondary N) is 1. The molecule has 0 unspecified atom stereocenters.